The third kappa shape index (κ3) is 3.82. The largest absolute Gasteiger partial charge is 0.497 e. The number of carbonyl (C=O) groups is 2. The Morgan fingerprint density at radius 2 is 1.93 bits per heavy atom. The lowest BCUT2D eigenvalue weighted by Crippen LogP contribution is -2.32. The van der Waals surface area contributed by atoms with E-state index in [2.05, 4.69) is 10.3 Å². The van der Waals surface area contributed by atoms with Crippen molar-refractivity contribution in [2.75, 3.05) is 12.0 Å². The molecule has 0 saturated heterocycles. The van der Waals surface area contributed by atoms with Gasteiger partial charge < -0.3 is 10.1 Å². The van der Waals surface area contributed by atoms with Crippen molar-refractivity contribution in [1.82, 2.24) is 10.3 Å². The molecule has 1 aliphatic rings. The van der Waals surface area contributed by atoms with Crippen molar-refractivity contribution in [3.63, 3.8) is 0 Å². The molecule has 0 bridgehead atoms. The second kappa shape index (κ2) is 8.14. The van der Waals surface area contributed by atoms with Crippen LogP contribution in [0.4, 0.5) is 5.69 Å². The fraction of sp³-hybridized carbons (Fsp3) is 0.174. The van der Waals surface area contributed by atoms with E-state index < -0.39 is 6.04 Å². The fourth-order valence-electron chi connectivity index (χ4n) is 3.56. The van der Waals surface area contributed by atoms with Crippen LogP contribution >= 0.6 is 0 Å². The summed E-state index contributed by atoms with van der Waals surface area (Å²) in [5.74, 6) is 0.460. The molecule has 0 fully saturated rings. The van der Waals surface area contributed by atoms with E-state index >= 15 is 0 Å². The fourth-order valence-corrected chi connectivity index (χ4v) is 3.56. The van der Waals surface area contributed by atoms with Crippen LogP contribution in [0, 0.1) is 0 Å². The topological polar surface area (TPSA) is 71.5 Å². The van der Waals surface area contributed by atoms with Crippen LogP contribution < -0.4 is 15.0 Å². The first-order valence-electron chi connectivity index (χ1n) is 9.40. The zero-order valence-electron chi connectivity index (χ0n) is 16.0. The number of nitrogens with zero attached hydrogens (tertiary/aromatic N) is 2. The summed E-state index contributed by atoms with van der Waals surface area (Å²) in [6.45, 7) is 0.386. The predicted molar refractivity (Wildman–Crippen MR) is 110 cm³/mol. The molecule has 1 N–H and O–H groups in total. The smallest absolute Gasteiger partial charge is 0.260 e. The van der Waals surface area contributed by atoms with Gasteiger partial charge in [-0.25, -0.2) is 0 Å². The molecule has 2 amide bonds. The zero-order chi connectivity index (χ0) is 20.2. The number of pyridine rings is 1. The highest BCUT2D eigenvalue weighted by atomic mass is 16.5. The maximum Gasteiger partial charge on any atom is 0.260 e. The van der Waals surface area contributed by atoms with E-state index in [0.29, 0.717) is 17.8 Å². The van der Waals surface area contributed by atoms with Crippen LogP contribution in [0.15, 0.2) is 72.9 Å². The van der Waals surface area contributed by atoms with E-state index in [9.17, 15) is 9.59 Å². The Hall–Kier alpha value is -3.67. The second-order valence-electron chi connectivity index (χ2n) is 6.80. The highest BCUT2D eigenvalue weighted by molar-refractivity contribution is 6.11. The minimum absolute atomic E-state index is 0.134. The summed E-state index contributed by atoms with van der Waals surface area (Å²) < 4.78 is 5.22. The van der Waals surface area contributed by atoms with Gasteiger partial charge in [0.2, 0.25) is 5.91 Å². The molecule has 2 heterocycles. The van der Waals surface area contributed by atoms with E-state index in [1.165, 1.54) is 0 Å². The summed E-state index contributed by atoms with van der Waals surface area (Å²) in [7, 11) is 1.61. The normalized spacial score (nSPS) is 15.1. The molecule has 1 aromatic heterocycles. The Kier molecular flexibility index (Phi) is 5.24. The first-order chi connectivity index (χ1) is 14.2. The van der Waals surface area contributed by atoms with Crippen molar-refractivity contribution in [3.05, 3.63) is 89.7 Å². The number of methoxy groups -OCH3 is 1. The lowest BCUT2D eigenvalue weighted by atomic mass is 10.1. The average Bonchev–Trinajstić information content (AvgIpc) is 3.05. The second-order valence-corrected chi connectivity index (χ2v) is 6.80. The molecule has 1 aliphatic heterocycles. The lowest BCUT2D eigenvalue weighted by Gasteiger charge is -2.24. The van der Waals surface area contributed by atoms with Crippen LogP contribution in [-0.4, -0.2) is 23.9 Å². The predicted octanol–water partition coefficient (Wildman–Crippen LogP) is 3.50. The summed E-state index contributed by atoms with van der Waals surface area (Å²) in [6, 6.07) is 20.0. The van der Waals surface area contributed by atoms with Crippen LogP contribution in [0.5, 0.6) is 5.75 Å². The Balaban J connectivity index is 1.53. The van der Waals surface area contributed by atoms with Crippen molar-refractivity contribution in [2.24, 2.45) is 0 Å². The van der Waals surface area contributed by atoms with Gasteiger partial charge in [0.1, 0.15) is 5.75 Å². The molecule has 0 radical (unpaired) electrons. The number of ether oxygens (including phenoxy) is 1. The van der Waals surface area contributed by atoms with Gasteiger partial charge in [-0.3, -0.25) is 19.5 Å². The maximum atomic E-state index is 13.0. The van der Waals surface area contributed by atoms with E-state index in [4.69, 9.17) is 4.74 Å². The number of benzene rings is 2. The highest BCUT2D eigenvalue weighted by Crippen LogP contribution is 2.38. The van der Waals surface area contributed by atoms with Crippen molar-refractivity contribution < 1.29 is 14.3 Å². The standard InChI is InChI=1S/C23H21N3O3/c1-29-18-10-5-7-16(13-18)15-25-21(27)14-20-22-19(11-6-12-24-22)23(28)26(20)17-8-3-2-4-9-17/h2-13,20H,14-15H2,1H3,(H,25,27). The summed E-state index contributed by atoms with van der Waals surface area (Å²) >= 11 is 0. The zero-order valence-corrected chi connectivity index (χ0v) is 16.0. The molecule has 0 aliphatic carbocycles. The Bertz CT molecular complexity index is 1040. The van der Waals surface area contributed by atoms with Gasteiger partial charge in [0.15, 0.2) is 0 Å². The molecule has 3 aromatic rings. The van der Waals surface area contributed by atoms with Gasteiger partial charge >= 0.3 is 0 Å². The van der Waals surface area contributed by atoms with Crippen LogP contribution in [0.3, 0.4) is 0 Å². The monoisotopic (exact) mass is 387 g/mol. The van der Waals surface area contributed by atoms with Gasteiger partial charge in [-0.1, -0.05) is 30.3 Å². The van der Waals surface area contributed by atoms with E-state index in [-0.39, 0.29) is 18.2 Å². The third-order valence-corrected chi connectivity index (χ3v) is 4.95. The maximum absolute atomic E-state index is 13.0. The first-order valence-corrected chi connectivity index (χ1v) is 9.40. The summed E-state index contributed by atoms with van der Waals surface area (Å²) in [6.07, 6.45) is 1.79. The number of anilines is 1. The van der Waals surface area contributed by atoms with Gasteiger partial charge in [0.25, 0.3) is 5.91 Å². The number of para-hydroxylation sites is 1. The molecule has 4 rings (SSSR count). The van der Waals surface area contributed by atoms with Crippen LogP contribution in [0.2, 0.25) is 0 Å². The number of nitrogens with one attached hydrogen (secondary N) is 1. The molecule has 146 valence electrons. The number of rotatable bonds is 6. The minimum atomic E-state index is -0.439. The average molecular weight is 387 g/mol. The number of aromatic nitrogens is 1. The van der Waals surface area contributed by atoms with Gasteiger partial charge in [-0.15, -0.1) is 0 Å². The van der Waals surface area contributed by atoms with Crippen molar-refractivity contribution in [3.8, 4) is 5.75 Å². The van der Waals surface area contributed by atoms with Crippen LogP contribution in [0.1, 0.15) is 34.1 Å². The number of fused-ring (bicyclic) bond motifs is 1. The molecular weight excluding hydrogens is 366 g/mol. The lowest BCUT2D eigenvalue weighted by molar-refractivity contribution is -0.121. The van der Waals surface area contributed by atoms with E-state index in [0.717, 1.165) is 17.0 Å². The molecule has 1 atom stereocenters. The summed E-state index contributed by atoms with van der Waals surface area (Å²) in [5, 5.41) is 2.93. The molecule has 6 heteroatoms. The SMILES string of the molecule is COc1cccc(CNC(=O)CC2c3ncccc3C(=O)N2c2ccccc2)c1. The molecule has 0 saturated carbocycles. The van der Waals surface area contributed by atoms with Crippen LogP contribution in [-0.2, 0) is 11.3 Å². The molecular formula is C23H21N3O3. The first kappa shape index (κ1) is 18.7. The van der Waals surface area contributed by atoms with Crippen molar-refractivity contribution in [2.45, 2.75) is 19.0 Å². The highest BCUT2D eigenvalue weighted by Gasteiger charge is 2.39. The number of hydrogen-bond donors (Lipinski definition) is 1. The molecule has 6 nitrogen and oxygen atoms in total. The third-order valence-electron chi connectivity index (χ3n) is 4.95. The Morgan fingerprint density at radius 3 is 2.72 bits per heavy atom. The number of carbonyl (C=O) groups excluding carboxylic acids is 2. The minimum Gasteiger partial charge on any atom is -0.497 e. The van der Waals surface area contributed by atoms with Gasteiger partial charge in [0.05, 0.1) is 30.8 Å². The van der Waals surface area contributed by atoms with Gasteiger partial charge in [0, 0.05) is 18.4 Å². The summed E-state index contributed by atoms with van der Waals surface area (Å²) in [4.78, 5) is 31.7. The van der Waals surface area contributed by atoms with Crippen molar-refractivity contribution >= 4 is 17.5 Å². The van der Waals surface area contributed by atoms with E-state index in [1.54, 1.807) is 30.3 Å². The molecule has 29 heavy (non-hydrogen) atoms. The Labute approximate surface area is 169 Å². The quantitative estimate of drug-likeness (QED) is 0.703. The Morgan fingerprint density at radius 1 is 1.10 bits per heavy atom. The summed E-state index contributed by atoms with van der Waals surface area (Å²) in [5.41, 5.74) is 2.87. The van der Waals surface area contributed by atoms with Crippen LogP contribution in [0.25, 0.3) is 0 Å². The molecule has 0 spiro atoms. The van der Waals surface area contributed by atoms with Gasteiger partial charge in [-0.05, 0) is 42.0 Å². The molecule has 2 aromatic carbocycles. The molecule has 1 unspecified atom stereocenters. The van der Waals surface area contributed by atoms with Gasteiger partial charge in [-0.2, -0.15) is 0 Å². The van der Waals surface area contributed by atoms with E-state index in [1.807, 2.05) is 54.6 Å². The number of amides is 2. The van der Waals surface area contributed by atoms with Crippen molar-refractivity contribution in [1.29, 1.82) is 0 Å². The number of hydrogen-bond acceptors (Lipinski definition) is 4.